The van der Waals surface area contributed by atoms with E-state index in [4.69, 9.17) is 19.2 Å². The number of H-pyrrole nitrogens is 2. The molecule has 0 spiro atoms. The molecule has 4 aromatic rings. The number of carbonyl (C=O) groups is 4. The summed E-state index contributed by atoms with van der Waals surface area (Å²) in [5, 5.41) is 5.04. The first-order valence-corrected chi connectivity index (χ1v) is 20.1. The molecule has 3 unspecified atom stereocenters. The minimum Gasteiger partial charge on any atom is -0.488 e. The molecule has 5 aliphatic heterocycles. The molecule has 2 aromatic carbocycles. The second-order valence-electron chi connectivity index (χ2n) is 16.1. The van der Waals surface area contributed by atoms with E-state index in [1.807, 2.05) is 17.0 Å². The van der Waals surface area contributed by atoms with Gasteiger partial charge in [-0.15, -0.1) is 0 Å². The Hall–Kier alpha value is -5.90. The third kappa shape index (κ3) is 6.72. The molecule has 4 amide bonds. The molecular weight excluding hydrogens is 745 g/mol. The Kier molecular flexibility index (Phi) is 9.82. The largest absolute Gasteiger partial charge is 0.488 e. The molecule has 2 aromatic heterocycles. The van der Waals surface area contributed by atoms with Crippen LogP contribution in [-0.4, -0.2) is 98.5 Å². The van der Waals surface area contributed by atoms with Crippen molar-refractivity contribution in [1.29, 1.82) is 0 Å². The summed E-state index contributed by atoms with van der Waals surface area (Å²) in [6, 6.07) is 7.59. The molecular formula is C42H48N8O8. The summed E-state index contributed by atoms with van der Waals surface area (Å²) < 4.78 is 24.0. The fraction of sp³-hybridized carbons (Fsp3) is 0.476. The van der Waals surface area contributed by atoms with Crippen LogP contribution in [0.4, 0.5) is 4.79 Å². The number of aromatic amines is 2. The normalized spacial score (nSPS) is 24.4. The molecule has 5 atom stereocenters. The van der Waals surface area contributed by atoms with Crippen molar-refractivity contribution in [2.45, 2.75) is 102 Å². The van der Waals surface area contributed by atoms with E-state index in [2.05, 4.69) is 56.3 Å². The standard InChI is InChI=1S/C42H48N8O8/c1-23-6-4-10-42(2,58-23)34-9-8-31(50(34)36(53)18-43-22-51)40-45-17-29(48-40)25-13-27-21-56-32-14-24(12-26-20-57-33(15-25)38(27)37(26)32)28-16-44-39(47-28)30-7-5-11-49(30)35(52)19-46-41(54)55-3/h12-17,22-23,30-31,34H,4-11,18-21H2,1-3H3,(H,43,51)(H,44,47)(H,45,48)(H,46,54)/t23-,30?,31?,34-,42?/m1/s1. The first kappa shape index (κ1) is 37.7. The number of amides is 4. The van der Waals surface area contributed by atoms with E-state index in [0.29, 0.717) is 37.8 Å². The maximum absolute atomic E-state index is 13.7. The Morgan fingerprint density at radius 3 is 2.16 bits per heavy atom. The van der Waals surface area contributed by atoms with Crippen LogP contribution in [-0.2, 0) is 37.1 Å². The highest BCUT2D eigenvalue weighted by Gasteiger charge is 2.50. The number of nitrogens with zero attached hydrogens (tertiary/aromatic N) is 4. The van der Waals surface area contributed by atoms with Gasteiger partial charge in [-0.3, -0.25) is 14.4 Å². The van der Waals surface area contributed by atoms with Crippen molar-refractivity contribution < 1.29 is 38.1 Å². The third-order valence-electron chi connectivity index (χ3n) is 12.4. The zero-order chi connectivity index (χ0) is 40.1. The van der Waals surface area contributed by atoms with Crippen LogP contribution in [0.15, 0.2) is 36.7 Å². The van der Waals surface area contributed by atoms with Gasteiger partial charge in [0.2, 0.25) is 18.2 Å². The summed E-state index contributed by atoms with van der Waals surface area (Å²) in [6.07, 6.45) is 9.59. The van der Waals surface area contributed by atoms with E-state index in [1.54, 1.807) is 17.3 Å². The van der Waals surface area contributed by atoms with Crippen molar-refractivity contribution in [1.82, 2.24) is 40.4 Å². The van der Waals surface area contributed by atoms with Gasteiger partial charge in [-0.05, 0) is 83.1 Å². The molecule has 0 radical (unpaired) electrons. The van der Waals surface area contributed by atoms with E-state index < -0.39 is 11.7 Å². The molecule has 0 bridgehead atoms. The Bertz CT molecular complexity index is 2220. The molecule has 9 rings (SSSR count). The number of methoxy groups -OCH3 is 1. The fourth-order valence-electron chi connectivity index (χ4n) is 9.78. The number of nitrogens with one attached hydrogen (secondary N) is 4. The monoisotopic (exact) mass is 792 g/mol. The quantitative estimate of drug-likeness (QED) is 0.158. The molecule has 5 aliphatic rings. The van der Waals surface area contributed by atoms with Gasteiger partial charge in [0.1, 0.15) is 42.9 Å². The maximum atomic E-state index is 13.7. The van der Waals surface area contributed by atoms with E-state index >= 15 is 0 Å². The second kappa shape index (κ2) is 15.1. The summed E-state index contributed by atoms with van der Waals surface area (Å²) in [5.74, 6) is 2.55. The first-order valence-electron chi connectivity index (χ1n) is 20.1. The summed E-state index contributed by atoms with van der Waals surface area (Å²) in [4.78, 5) is 69.4. The third-order valence-corrected chi connectivity index (χ3v) is 12.4. The number of carbonyl (C=O) groups excluding carboxylic acids is 4. The smallest absolute Gasteiger partial charge is 0.407 e. The Morgan fingerprint density at radius 2 is 1.53 bits per heavy atom. The molecule has 16 nitrogen and oxygen atoms in total. The Labute approximate surface area is 335 Å². The van der Waals surface area contributed by atoms with E-state index in [0.717, 1.165) is 101 Å². The maximum Gasteiger partial charge on any atom is 0.407 e. The number of alkyl carbamates (subject to hydrolysis) is 1. The topological polar surface area (TPSA) is 193 Å². The average molecular weight is 793 g/mol. The number of hydrogen-bond acceptors (Lipinski definition) is 10. The lowest BCUT2D eigenvalue weighted by atomic mass is 9.85. The van der Waals surface area contributed by atoms with Gasteiger partial charge in [-0.2, -0.15) is 0 Å². The number of benzene rings is 2. The second-order valence-corrected chi connectivity index (χ2v) is 16.1. The van der Waals surface area contributed by atoms with Crippen LogP contribution < -0.4 is 20.1 Å². The number of hydrogen-bond donors (Lipinski definition) is 4. The lowest BCUT2D eigenvalue weighted by Gasteiger charge is -2.45. The summed E-state index contributed by atoms with van der Waals surface area (Å²) >= 11 is 0. The van der Waals surface area contributed by atoms with Crippen LogP contribution in [0.5, 0.6) is 11.5 Å². The highest BCUT2D eigenvalue weighted by Crippen LogP contribution is 2.51. The zero-order valence-corrected chi connectivity index (χ0v) is 32.9. The zero-order valence-electron chi connectivity index (χ0n) is 32.9. The minimum atomic E-state index is -0.648. The predicted molar refractivity (Wildman–Crippen MR) is 209 cm³/mol. The van der Waals surface area contributed by atoms with E-state index in [-0.39, 0.29) is 49.1 Å². The van der Waals surface area contributed by atoms with Crippen LogP contribution >= 0.6 is 0 Å². The minimum absolute atomic E-state index is 0.0879. The lowest BCUT2D eigenvalue weighted by molar-refractivity contribution is -0.162. The van der Waals surface area contributed by atoms with Crippen LogP contribution in [0.1, 0.15) is 93.7 Å². The van der Waals surface area contributed by atoms with Crippen molar-refractivity contribution >= 4 is 24.3 Å². The number of ether oxygens (including phenoxy) is 4. The SMILES string of the molecule is COC(=O)NCC(=O)N1CCCC1c1ncc(-c2cc3c4c(c2)OCc2cc(-c5cnc(C6CC[C@H](C7(C)CCC[C@@H](C)O7)N6C(=O)CNC=O)[nH]5)cc(c2-4)OC3)[nH]1. The highest BCUT2D eigenvalue weighted by atomic mass is 16.5. The number of likely N-dealkylation sites (tertiary alicyclic amines) is 2. The van der Waals surface area contributed by atoms with Crippen molar-refractivity contribution in [2.75, 3.05) is 26.7 Å². The van der Waals surface area contributed by atoms with Crippen LogP contribution in [0.2, 0.25) is 0 Å². The van der Waals surface area contributed by atoms with Crippen molar-refractivity contribution in [3.63, 3.8) is 0 Å². The van der Waals surface area contributed by atoms with Gasteiger partial charge in [-0.25, -0.2) is 14.8 Å². The fourth-order valence-corrected chi connectivity index (χ4v) is 9.78. The van der Waals surface area contributed by atoms with Crippen LogP contribution in [0.25, 0.3) is 33.6 Å². The van der Waals surface area contributed by atoms with Crippen molar-refractivity contribution in [3.8, 4) is 45.1 Å². The molecule has 4 N–H and O–H groups in total. The molecule has 3 fully saturated rings. The van der Waals surface area contributed by atoms with Gasteiger partial charge in [0.25, 0.3) is 0 Å². The molecule has 304 valence electrons. The highest BCUT2D eigenvalue weighted by molar-refractivity contribution is 5.88. The van der Waals surface area contributed by atoms with E-state index in [9.17, 15) is 19.2 Å². The molecule has 58 heavy (non-hydrogen) atoms. The van der Waals surface area contributed by atoms with Gasteiger partial charge in [0.15, 0.2) is 0 Å². The molecule has 7 heterocycles. The van der Waals surface area contributed by atoms with E-state index in [1.165, 1.54) is 7.11 Å². The summed E-state index contributed by atoms with van der Waals surface area (Å²) in [5.41, 5.74) is 6.93. The average Bonchev–Trinajstić information content (AvgIpc) is 4.07. The molecule has 0 aliphatic carbocycles. The van der Waals surface area contributed by atoms with Crippen molar-refractivity contribution in [3.05, 3.63) is 59.4 Å². The predicted octanol–water partition coefficient (Wildman–Crippen LogP) is 5.06. The summed E-state index contributed by atoms with van der Waals surface area (Å²) in [7, 11) is 1.26. The number of aromatic nitrogens is 4. The van der Waals surface area contributed by atoms with Crippen molar-refractivity contribution in [2.24, 2.45) is 0 Å². The number of rotatable bonds is 10. The molecule has 0 saturated carbocycles. The van der Waals surface area contributed by atoms with Gasteiger partial charge in [0, 0.05) is 39.9 Å². The van der Waals surface area contributed by atoms with Gasteiger partial charge in [0.05, 0.1) is 67.3 Å². The van der Waals surface area contributed by atoms with Gasteiger partial charge < -0.3 is 49.3 Å². The molecule has 3 saturated heterocycles. The van der Waals surface area contributed by atoms with Crippen LogP contribution in [0, 0.1) is 0 Å². The first-order chi connectivity index (χ1) is 28.1. The molecule has 16 heteroatoms. The van der Waals surface area contributed by atoms with Gasteiger partial charge >= 0.3 is 6.09 Å². The van der Waals surface area contributed by atoms with Crippen LogP contribution in [0.3, 0.4) is 0 Å². The Morgan fingerprint density at radius 1 is 0.879 bits per heavy atom. The lowest BCUT2D eigenvalue weighted by Crippen LogP contribution is -2.55. The Balaban J connectivity index is 0.955. The van der Waals surface area contributed by atoms with Gasteiger partial charge in [-0.1, -0.05) is 0 Å². The summed E-state index contributed by atoms with van der Waals surface area (Å²) in [6.45, 7) is 5.24. The number of imidazole rings is 2.